The first-order chi connectivity index (χ1) is 9.56. The lowest BCUT2D eigenvalue weighted by Crippen LogP contribution is -2.27. The molecule has 1 aromatic carbocycles. The van der Waals surface area contributed by atoms with Gasteiger partial charge in [0.25, 0.3) is 0 Å². The van der Waals surface area contributed by atoms with E-state index < -0.39 is 0 Å². The molecule has 0 fully saturated rings. The molecule has 0 aliphatic heterocycles. The highest BCUT2D eigenvalue weighted by Gasteiger charge is 2.11. The van der Waals surface area contributed by atoms with E-state index >= 15 is 0 Å². The van der Waals surface area contributed by atoms with Gasteiger partial charge >= 0.3 is 0 Å². The van der Waals surface area contributed by atoms with Crippen LogP contribution in [0.5, 0.6) is 0 Å². The normalized spacial score (nSPS) is 10.5. The molecule has 2 aromatic rings. The Morgan fingerprint density at radius 2 is 2.20 bits per heavy atom. The SMILES string of the molecule is Cc1ccc(N)cc1SCC(=O)N(C)Cc1ccsc1. The summed E-state index contributed by atoms with van der Waals surface area (Å²) in [5.41, 5.74) is 8.84. The number of nitrogen functional groups attached to an aromatic ring is 1. The highest BCUT2D eigenvalue weighted by atomic mass is 32.2. The molecule has 0 bridgehead atoms. The maximum absolute atomic E-state index is 12.1. The lowest BCUT2D eigenvalue weighted by molar-refractivity contribution is -0.127. The van der Waals surface area contributed by atoms with Gasteiger partial charge in [-0.1, -0.05) is 6.07 Å². The number of rotatable bonds is 5. The minimum Gasteiger partial charge on any atom is -0.399 e. The zero-order chi connectivity index (χ0) is 14.5. The molecule has 0 radical (unpaired) electrons. The Balaban J connectivity index is 1.89. The minimum atomic E-state index is 0.128. The zero-order valence-corrected chi connectivity index (χ0v) is 13.3. The number of carbonyl (C=O) groups excluding carboxylic acids is 1. The van der Waals surface area contributed by atoms with E-state index in [2.05, 4.69) is 5.38 Å². The first-order valence-corrected chi connectivity index (χ1v) is 8.23. The van der Waals surface area contributed by atoms with Gasteiger partial charge in [0.15, 0.2) is 0 Å². The Morgan fingerprint density at radius 3 is 2.90 bits per heavy atom. The van der Waals surface area contributed by atoms with Gasteiger partial charge in [-0.05, 0) is 47.0 Å². The summed E-state index contributed by atoms with van der Waals surface area (Å²) < 4.78 is 0. The molecular formula is C15H18N2OS2. The number of anilines is 1. The van der Waals surface area contributed by atoms with Crippen molar-refractivity contribution in [2.75, 3.05) is 18.5 Å². The number of aryl methyl sites for hydroxylation is 1. The number of hydrogen-bond acceptors (Lipinski definition) is 4. The third kappa shape index (κ3) is 4.02. The van der Waals surface area contributed by atoms with Crippen molar-refractivity contribution in [3.05, 3.63) is 46.2 Å². The van der Waals surface area contributed by atoms with Gasteiger partial charge in [0.2, 0.25) is 5.91 Å². The van der Waals surface area contributed by atoms with E-state index in [1.54, 1.807) is 28.0 Å². The number of thiophene rings is 1. The molecule has 0 saturated heterocycles. The summed E-state index contributed by atoms with van der Waals surface area (Å²) in [7, 11) is 1.84. The molecule has 0 atom stereocenters. The van der Waals surface area contributed by atoms with Gasteiger partial charge in [-0.2, -0.15) is 11.3 Å². The number of nitrogens with zero attached hydrogens (tertiary/aromatic N) is 1. The smallest absolute Gasteiger partial charge is 0.232 e. The van der Waals surface area contributed by atoms with Gasteiger partial charge in [0.1, 0.15) is 0 Å². The predicted molar refractivity (Wildman–Crippen MR) is 87.1 cm³/mol. The summed E-state index contributed by atoms with van der Waals surface area (Å²) in [5.74, 6) is 0.563. The summed E-state index contributed by atoms with van der Waals surface area (Å²) in [4.78, 5) is 14.9. The van der Waals surface area contributed by atoms with E-state index in [4.69, 9.17) is 5.73 Å². The average molecular weight is 306 g/mol. The molecule has 1 amide bonds. The topological polar surface area (TPSA) is 46.3 Å². The van der Waals surface area contributed by atoms with Crippen LogP contribution in [-0.2, 0) is 11.3 Å². The molecule has 0 saturated carbocycles. The van der Waals surface area contributed by atoms with Crippen molar-refractivity contribution in [1.82, 2.24) is 4.90 Å². The third-order valence-electron chi connectivity index (χ3n) is 2.99. The van der Waals surface area contributed by atoms with Crippen LogP contribution in [0.1, 0.15) is 11.1 Å². The zero-order valence-electron chi connectivity index (χ0n) is 11.6. The maximum Gasteiger partial charge on any atom is 0.232 e. The summed E-state index contributed by atoms with van der Waals surface area (Å²) in [5, 5.41) is 4.09. The molecule has 2 N–H and O–H groups in total. The summed E-state index contributed by atoms with van der Waals surface area (Å²) >= 11 is 3.19. The molecular weight excluding hydrogens is 288 g/mol. The molecule has 0 spiro atoms. The number of nitrogens with two attached hydrogens (primary N) is 1. The van der Waals surface area contributed by atoms with Crippen molar-refractivity contribution in [2.24, 2.45) is 0 Å². The van der Waals surface area contributed by atoms with Crippen molar-refractivity contribution in [3.63, 3.8) is 0 Å². The fraction of sp³-hybridized carbons (Fsp3) is 0.267. The number of amides is 1. The lowest BCUT2D eigenvalue weighted by atomic mass is 10.2. The van der Waals surface area contributed by atoms with Crippen LogP contribution in [-0.4, -0.2) is 23.6 Å². The van der Waals surface area contributed by atoms with Crippen LogP contribution >= 0.6 is 23.1 Å². The predicted octanol–water partition coefficient (Wildman–Crippen LogP) is 3.39. The number of hydrogen-bond donors (Lipinski definition) is 1. The molecule has 20 heavy (non-hydrogen) atoms. The van der Waals surface area contributed by atoms with Gasteiger partial charge in [0, 0.05) is 24.2 Å². The molecule has 5 heteroatoms. The first-order valence-electron chi connectivity index (χ1n) is 6.30. The van der Waals surface area contributed by atoms with Crippen LogP contribution in [0, 0.1) is 6.92 Å². The van der Waals surface area contributed by atoms with Gasteiger partial charge < -0.3 is 10.6 Å². The minimum absolute atomic E-state index is 0.128. The Labute approximate surface area is 127 Å². The largest absolute Gasteiger partial charge is 0.399 e. The maximum atomic E-state index is 12.1. The molecule has 106 valence electrons. The number of carbonyl (C=O) groups is 1. The van der Waals surface area contributed by atoms with Gasteiger partial charge in [-0.3, -0.25) is 4.79 Å². The molecule has 3 nitrogen and oxygen atoms in total. The van der Waals surface area contributed by atoms with Crippen molar-refractivity contribution in [1.29, 1.82) is 0 Å². The van der Waals surface area contributed by atoms with Crippen molar-refractivity contribution >= 4 is 34.7 Å². The quantitative estimate of drug-likeness (QED) is 0.680. The molecule has 1 heterocycles. The van der Waals surface area contributed by atoms with E-state index in [0.717, 1.165) is 16.1 Å². The highest BCUT2D eigenvalue weighted by molar-refractivity contribution is 8.00. The van der Waals surface area contributed by atoms with Crippen LogP contribution in [0.2, 0.25) is 0 Å². The van der Waals surface area contributed by atoms with Crippen LogP contribution in [0.3, 0.4) is 0 Å². The van der Waals surface area contributed by atoms with E-state index in [9.17, 15) is 4.79 Å². The number of thioether (sulfide) groups is 1. The van der Waals surface area contributed by atoms with Gasteiger partial charge in [-0.15, -0.1) is 11.8 Å². The van der Waals surface area contributed by atoms with Crippen LogP contribution < -0.4 is 5.73 Å². The molecule has 2 rings (SSSR count). The van der Waals surface area contributed by atoms with Gasteiger partial charge in [-0.25, -0.2) is 0 Å². The van der Waals surface area contributed by atoms with Crippen molar-refractivity contribution in [3.8, 4) is 0 Å². The van der Waals surface area contributed by atoms with Crippen molar-refractivity contribution < 1.29 is 4.79 Å². The highest BCUT2D eigenvalue weighted by Crippen LogP contribution is 2.25. The second-order valence-corrected chi connectivity index (χ2v) is 6.49. The summed E-state index contributed by atoms with van der Waals surface area (Å²) in [6.07, 6.45) is 0. The van der Waals surface area contributed by atoms with Crippen molar-refractivity contribution in [2.45, 2.75) is 18.4 Å². The Hall–Kier alpha value is -1.46. The van der Waals surface area contributed by atoms with E-state index in [-0.39, 0.29) is 5.91 Å². The third-order valence-corrected chi connectivity index (χ3v) is 4.86. The second kappa shape index (κ2) is 6.81. The van der Waals surface area contributed by atoms with Crippen LogP contribution in [0.15, 0.2) is 39.9 Å². The van der Waals surface area contributed by atoms with E-state index in [1.165, 1.54) is 5.56 Å². The fourth-order valence-electron chi connectivity index (χ4n) is 1.77. The standard InChI is InChI=1S/C15H18N2OS2/c1-11-3-4-13(16)7-14(11)20-10-15(18)17(2)8-12-5-6-19-9-12/h3-7,9H,8,10,16H2,1-2H3. The molecule has 0 aliphatic carbocycles. The molecule has 1 aromatic heterocycles. The summed E-state index contributed by atoms with van der Waals surface area (Å²) in [6.45, 7) is 2.69. The lowest BCUT2D eigenvalue weighted by Gasteiger charge is -2.16. The Kier molecular flexibility index (Phi) is 5.09. The first kappa shape index (κ1) is 14.9. The Bertz CT molecular complexity index is 582. The van der Waals surface area contributed by atoms with E-state index in [1.807, 2.05) is 43.6 Å². The number of benzene rings is 1. The second-order valence-electron chi connectivity index (χ2n) is 4.70. The fourth-order valence-corrected chi connectivity index (χ4v) is 3.44. The molecule has 0 unspecified atom stereocenters. The molecule has 0 aliphatic rings. The van der Waals surface area contributed by atoms with E-state index in [0.29, 0.717) is 12.3 Å². The Morgan fingerprint density at radius 1 is 1.40 bits per heavy atom. The average Bonchev–Trinajstić information content (AvgIpc) is 2.92. The van der Waals surface area contributed by atoms with Crippen LogP contribution in [0.25, 0.3) is 0 Å². The summed E-state index contributed by atoms with van der Waals surface area (Å²) in [6, 6.07) is 7.83. The monoisotopic (exact) mass is 306 g/mol. The van der Waals surface area contributed by atoms with Gasteiger partial charge in [0.05, 0.1) is 5.75 Å². The van der Waals surface area contributed by atoms with Crippen LogP contribution in [0.4, 0.5) is 5.69 Å².